The van der Waals surface area contributed by atoms with Crippen LogP contribution < -0.4 is 9.47 Å². The first-order valence-corrected chi connectivity index (χ1v) is 9.63. The van der Waals surface area contributed by atoms with E-state index in [1.807, 2.05) is 31.3 Å². The molecule has 2 aromatic rings. The van der Waals surface area contributed by atoms with Crippen molar-refractivity contribution in [2.24, 2.45) is 5.10 Å². The van der Waals surface area contributed by atoms with Gasteiger partial charge in [-0.3, -0.25) is 5.01 Å². The van der Waals surface area contributed by atoms with Crippen LogP contribution in [0.5, 0.6) is 11.5 Å². The van der Waals surface area contributed by atoms with Gasteiger partial charge >= 0.3 is 5.97 Å². The minimum Gasteiger partial charge on any atom is -0.490 e. The zero-order valence-corrected chi connectivity index (χ0v) is 17.1. The molecular weight excluding hydrogens is 374 g/mol. The quantitative estimate of drug-likeness (QED) is 0.497. The third-order valence-corrected chi connectivity index (χ3v) is 4.54. The highest BCUT2D eigenvalue weighted by Gasteiger charge is 2.13. The summed E-state index contributed by atoms with van der Waals surface area (Å²) in [5.41, 5.74) is 0.936. The molecule has 0 bridgehead atoms. The number of hydrogen-bond acceptors (Lipinski definition) is 8. The molecular formula is C21H27N3O5. The lowest BCUT2D eigenvalue weighted by Crippen LogP contribution is -2.41. The maximum Gasteiger partial charge on any atom is 0.373 e. The molecule has 29 heavy (non-hydrogen) atoms. The van der Waals surface area contributed by atoms with E-state index in [1.54, 1.807) is 12.1 Å². The van der Waals surface area contributed by atoms with Gasteiger partial charge in [0, 0.05) is 26.2 Å². The molecule has 0 N–H and O–H groups in total. The Balaban J connectivity index is 1.64. The summed E-state index contributed by atoms with van der Waals surface area (Å²) >= 11 is 0. The number of rotatable bonds is 8. The number of hydrazone groups is 1. The monoisotopic (exact) mass is 401 g/mol. The summed E-state index contributed by atoms with van der Waals surface area (Å²) in [5.74, 6) is 1.38. The van der Waals surface area contributed by atoms with Crippen molar-refractivity contribution in [1.29, 1.82) is 0 Å². The third kappa shape index (κ3) is 5.74. The fourth-order valence-corrected chi connectivity index (χ4v) is 2.87. The van der Waals surface area contributed by atoms with Gasteiger partial charge in [-0.15, -0.1) is 0 Å². The Hall–Kier alpha value is -3.00. The topological polar surface area (TPSA) is 76.7 Å². The maximum atomic E-state index is 11.5. The standard InChI is InChI=1S/C21H27N3O5/c1-4-27-20-13-16(14-22-24-11-9-23(2)10-12-24)5-7-18(20)28-15-17-6-8-19(29-17)21(25)26-3/h5-8,13-14H,4,9-12,15H2,1-3H3/b22-14+. The lowest BCUT2D eigenvalue weighted by molar-refractivity contribution is 0.0561. The predicted octanol–water partition coefficient (Wildman–Crippen LogP) is 2.63. The lowest BCUT2D eigenvalue weighted by Gasteiger charge is -2.30. The molecule has 1 aromatic heterocycles. The molecule has 1 aliphatic heterocycles. The van der Waals surface area contributed by atoms with E-state index in [2.05, 4.69) is 26.8 Å². The van der Waals surface area contributed by atoms with Crippen molar-refractivity contribution in [1.82, 2.24) is 9.91 Å². The van der Waals surface area contributed by atoms with E-state index >= 15 is 0 Å². The summed E-state index contributed by atoms with van der Waals surface area (Å²) in [6.07, 6.45) is 1.84. The summed E-state index contributed by atoms with van der Waals surface area (Å²) in [7, 11) is 3.43. The van der Waals surface area contributed by atoms with Crippen molar-refractivity contribution < 1.29 is 23.4 Å². The molecule has 1 fully saturated rings. The highest BCUT2D eigenvalue weighted by molar-refractivity contribution is 5.86. The number of esters is 1. The first-order chi connectivity index (χ1) is 14.1. The third-order valence-electron chi connectivity index (χ3n) is 4.54. The molecule has 0 unspecified atom stereocenters. The van der Waals surface area contributed by atoms with Crippen LogP contribution in [0.15, 0.2) is 39.9 Å². The normalized spacial score (nSPS) is 14.9. The average Bonchev–Trinajstić information content (AvgIpc) is 3.21. The Labute approximate surface area is 170 Å². The van der Waals surface area contributed by atoms with Gasteiger partial charge in [0.05, 0.1) is 19.9 Å². The summed E-state index contributed by atoms with van der Waals surface area (Å²) < 4.78 is 21.6. The van der Waals surface area contributed by atoms with Crippen molar-refractivity contribution in [3.63, 3.8) is 0 Å². The zero-order valence-electron chi connectivity index (χ0n) is 17.1. The molecule has 0 spiro atoms. The minimum absolute atomic E-state index is 0.145. The van der Waals surface area contributed by atoms with E-state index in [4.69, 9.17) is 13.9 Å². The van der Waals surface area contributed by atoms with Gasteiger partial charge in [0.15, 0.2) is 11.5 Å². The summed E-state index contributed by atoms with van der Waals surface area (Å²) in [6.45, 7) is 6.47. The van der Waals surface area contributed by atoms with Gasteiger partial charge in [0.2, 0.25) is 5.76 Å². The lowest BCUT2D eigenvalue weighted by atomic mass is 10.2. The molecule has 1 aliphatic rings. The maximum absolute atomic E-state index is 11.5. The highest BCUT2D eigenvalue weighted by Crippen LogP contribution is 2.29. The average molecular weight is 401 g/mol. The molecule has 3 rings (SSSR count). The second-order valence-electron chi connectivity index (χ2n) is 6.69. The Morgan fingerprint density at radius 2 is 1.93 bits per heavy atom. The number of nitrogens with zero attached hydrogens (tertiary/aromatic N) is 3. The summed E-state index contributed by atoms with van der Waals surface area (Å²) in [6, 6.07) is 8.93. The highest BCUT2D eigenvalue weighted by atomic mass is 16.5. The van der Waals surface area contributed by atoms with E-state index in [0.29, 0.717) is 23.9 Å². The minimum atomic E-state index is -0.518. The number of carbonyl (C=O) groups is 1. The Bertz CT molecular complexity index is 841. The number of hydrogen-bond donors (Lipinski definition) is 0. The number of piperazine rings is 1. The predicted molar refractivity (Wildman–Crippen MR) is 109 cm³/mol. The number of carbonyl (C=O) groups excluding carboxylic acids is 1. The van der Waals surface area contributed by atoms with Crippen LogP contribution in [0.1, 0.15) is 28.8 Å². The van der Waals surface area contributed by atoms with Crippen molar-refractivity contribution in [3.05, 3.63) is 47.4 Å². The van der Waals surface area contributed by atoms with Crippen LogP contribution in [0.4, 0.5) is 0 Å². The van der Waals surface area contributed by atoms with Crippen LogP contribution >= 0.6 is 0 Å². The van der Waals surface area contributed by atoms with E-state index in [0.717, 1.165) is 31.7 Å². The SMILES string of the molecule is CCOc1cc(/C=N/N2CCN(C)CC2)ccc1OCc1ccc(C(=O)OC)o1. The van der Waals surface area contributed by atoms with Gasteiger partial charge in [-0.25, -0.2) is 4.79 Å². The molecule has 2 heterocycles. The number of benzene rings is 1. The van der Waals surface area contributed by atoms with Gasteiger partial charge < -0.3 is 23.5 Å². The molecule has 8 nitrogen and oxygen atoms in total. The van der Waals surface area contributed by atoms with Gasteiger partial charge in [0.25, 0.3) is 0 Å². The fraction of sp³-hybridized carbons (Fsp3) is 0.429. The molecule has 0 radical (unpaired) electrons. The van der Waals surface area contributed by atoms with E-state index in [-0.39, 0.29) is 12.4 Å². The second-order valence-corrected chi connectivity index (χ2v) is 6.69. The number of ether oxygens (including phenoxy) is 3. The van der Waals surface area contributed by atoms with Gasteiger partial charge in [-0.2, -0.15) is 5.10 Å². The van der Waals surface area contributed by atoms with Crippen molar-refractivity contribution in [3.8, 4) is 11.5 Å². The van der Waals surface area contributed by atoms with Crippen LogP contribution in [0, 0.1) is 0 Å². The largest absolute Gasteiger partial charge is 0.490 e. The van der Waals surface area contributed by atoms with E-state index in [9.17, 15) is 4.79 Å². The van der Waals surface area contributed by atoms with Gasteiger partial charge in [0.1, 0.15) is 12.4 Å². The van der Waals surface area contributed by atoms with E-state index < -0.39 is 5.97 Å². The molecule has 0 amide bonds. The molecule has 1 saturated heterocycles. The van der Waals surface area contributed by atoms with Gasteiger partial charge in [-0.05, 0) is 49.9 Å². The summed E-state index contributed by atoms with van der Waals surface area (Å²) in [4.78, 5) is 13.8. The smallest absolute Gasteiger partial charge is 0.373 e. The molecule has 1 aromatic carbocycles. The summed E-state index contributed by atoms with van der Waals surface area (Å²) in [5, 5.41) is 6.64. The second kappa shape index (κ2) is 9.97. The van der Waals surface area contributed by atoms with Crippen molar-refractivity contribution in [2.75, 3.05) is 46.9 Å². The Morgan fingerprint density at radius 3 is 2.66 bits per heavy atom. The van der Waals surface area contributed by atoms with Crippen LogP contribution in [-0.2, 0) is 11.3 Å². The zero-order chi connectivity index (χ0) is 20.6. The van der Waals surface area contributed by atoms with Crippen LogP contribution in [0.2, 0.25) is 0 Å². The molecule has 0 atom stereocenters. The van der Waals surface area contributed by atoms with Crippen molar-refractivity contribution >= 4 is 12.2 Å². The molecule has 156 valence electrons. The number of likely N-dealkylation sites (N-methyl/N-ethyl adjacent to an activating group) is 1. The van der Waals surface area contributed by atoms with Crippen LogP contribution in [0.3, 0.4) is 0 Å². The van der Waals surface area contributed by atoms with Crippen LogP contribution in [-0.4, -0.2) is 69.0 Å². The van der Waals surface area contributed by atoms with Crippen molar-refractivity contribution in [2.45, 2.75) is 13.5 Å². The fourth-order valence-electron chi connectivity index (χ4n) is 2.87. The Morgan fingerprint density at radius 1 is 1.14 bits per heavy atom. The Kier molecular flexibility index (Phi) is 7.13. The molecule has 8 heteroatoms. The van der Waals surface area contributed by atoms with E-state index in [1.165, 1.54) is 7.11 Å². The van der Waals surface area contributed by atoms with Gasteiger partial charge in [-0.1, -0.05) is 0 Å². The first-order valence-electron chi connectivity index (χ1n) is 9.63. The number of furan rings is 1. The molecule has 0 saturated carbocycles. The first kappa shape index (κ1) is 20.7. The number of methoxy groups -OCH3 is 1. The van der Waals surface area contributed by atoms with Crippen LogP contribution in [0.25, 0.3) is 0 Å². The molecule has 0 aliphatic carbocycles.